The summed E-state index contributed by atoms with van der Waals surface area (Å²) in [6.45, 7) is 4.56. The first-order valence-corrected chi connectivity index (χ1v) is 8.80. The molecule has 1 aromatic rings. The van der Waals surface area contributed by atoms with Crippen LogP contribution in [0, 0.1) is 11.7 Å². The quantitative estimate of drug-likeness (QED) is 0.668. The summed E-state index contributed by atoms with van der Waals surface area (Å²) in [6.07, 6.45) is 0. The molecule has 0 aromatic heterocycles. The highest BCUT2D eigenvalue weighted by Gasteiger charge is 2.17. The molecule has 2 N–H and O–H groups in total. The van der Waals surface area contributed by atoms with E-state index in [0.29, 0.717) is 0 Å². The van der Waals surface area contributed by atoms with Crippen molar-refractivity contribution in [2.45, 2.75) is 31.7 Å². The van der Waals surface area contributed by atoms with Crippen molar-refractivity contribution in [2.75, 3.05) is 13.2 Å². The average Bonchev–Trinajstić information content (AvgIpc) is 2.51. The molecule has 0 saturated heterocycles. The van der Waals surface area contributed by atoms with Gasteiger partial charge >= 0.3 is 5.97 Å². The van der Waals surface area contributed by atoms with Gasteiger partial charge in [0.05, 0.1) is 4.90 Å². The van der Waals surface area contributed by atoms with Gasteiger partial charge in [0.1, 0.15) is 12.4 Å². The molecule has 0 heterocycles. The number of carbonyl (C=O) groups is 2. The molecule has 0 radical (unpaired) electrons. The molecule has 0 aliphatic carbocycles. The monoisotopic (exact) mass is 360 g/mol. The molecular weight excluding hydrogens is 339 g/mol. The molecule has 24 heavy (non-hydrogen) atoms. The van der Waals surface area contributed by atoms with Gasteiger partial charge in [-0.15, -0.1) is 0 Å². The van der Waals surface area contributed by atoms with E-state index in [9.17, 15) is 22.4 Å². The third kappa shape index (κ3) is 6.63. The molecule has 0 unspecified atom stereocenters. The van der Waals surface area contributed by atoms with E-state index in [-0.39, 0.29) is 16.9 Å². The Balaban J connectivity index is 2.43. The summed E-state index contributed by atoms with van der Waals surface area (Å²) in [5.41, 5.74) is 0. The number of sulfonamides is 1. The SMILES string of the molecule is CC(C)[C@@H](C)NC(=O)COC(=O)CNS(=O)(=O)c1ccc(F)cc1. The standard InChI is InChI=1S/C15H21FN2O5S/c1-10(2)11(3)18-14(19)9-23-15(20)8-17-24(21,22)13-6-4-12(16)5-7-13/h4-7,10-11,17H,8-9H2,1-3H3,(H,18,19)/t11-/m1/s1. The van der Waals surface area contributed by atoms with Gasteiger partial charge in [-0.05, 0) is 37.1 Å². The summed E-state index contributed by atoms with van der Waals surface area (Å²) in [7, 11) is -3.96. The number of hydrogen-bond acceptors (Lipinski definition) is 5. The first kappa shape index (κ1) is 20.0. The van der Waals surface area contributed by atoms with Crippen LogP contribution in [-0.4, -0.2) is 39.5 Å². The highest BCUT2D eigenvalue weighted by molar-refractivity contribution is 7.89. The Morgan fingerprint density at radius 2 is 1.75 bits per heavy atom. The molecule has 9 heteroatoms. The summed E-state index contributed by atoms with van der Waals surface area (Å²) in [4.78, 5) is 22.9. The first-order chi connectivity index (χ1) is 11.1. The number of hydrogen-bond donors (Lipinski definition) is 2. The van der Waals surface area contributed by atoms with E-state index < -0.39 is 40.9 Å². The van der Waals surface area contributed by atoms with Gasteiger partial charge in [0, 0.05) is 6.04 Å². The predicted octanol–water partition coefficient (Wildman–Crippen LogP) is 0.808. The van der Waals surface area contributed by atoms with Gasteiger partial charge in [0.2, 0.25) is 10.0 Å². The lowest BCUT2D eigenvalue weighted by Crippen LogP contribution is -2.39. The average molecular weight is 360 g/mol. The molecule has 7 nitrogen and oxygen atoms in total. The van der Waals surface area contributed by atoms with Crippen LogP contribution in [-0.2, 0) is 24.3 Å². The summed E-state index contributed by atoms with van der Waals surface area (Å²) in [5.74, 6) is -1.71. The number of amides is 1. The van der Waals surface area contributed by atoms with Crippen LogP contribution in [0.3, 0.4) is 0 Å². The number of rotatable bonds is 8. The Morgan fingerprint density at radius 1 is 1.17 bits per heavy atom. The van der Waals surface area contributed by atoms with Crippen molar-refractivity contribution in [1.82, 2.24) is 10.0 Å². The molecule has 0 aliphatic rings. The number of carbonyl (C=O) groups excluding carboxylic acids is 2. The van der Waals surface area contributed by atoms with Crippen LogP contribution >= 0.6 is 0 Å². The van der Waals surface area contributed by atoms with Gasteiger partial charge in [-0.3, -0.25) is 9.59 Å². The second-order valence-corrected chi connectivity index (χ2v) is 7.31. The maximum absolute atomic E-state index is 12.8. The van der Waals surface area contributed by atoms with Crippen molar-refractivity contribution in [1.29, 1.82) is 0 Å². The van der Waals surface area contributed by atoms with Crippen molar-refractivity contribution in [2.24, 2.45) is 5.92 Å². The van der Waals surface area contributed by atoms with E-state index in [4.69, 9.17) is 4.74 Å². The highest BCUT2D eigenvalue weighted by Crippen LogP contribution is 2.09. The number of benzene rings is 1. The minimum absolute atomic E-state index is 0.0758. The molecule has 0 fully saturated rings. The third-order valence-electron chi connectivity index (χ3n) is 3.28. The van der Waals surface area contributed by atoms with Gasteiger partial charge in [-0.1, -0.05) is 13.8 Å². The summed E-state index contributed by atoms with van der Waals surface area (Å²) >= 11 is 0. The summed E-state index contributed by atoms with van der Waals surface area (Å²) < 4.78 is 43.3. The van der Waals surface area contributed by atoms with E-state index in [1.165, 1.54) is 0 Å². The van der Waals surface area contributed by atoms with Gasteiger partial charge in [-0.25, -0.2) is 12.8 Å². The molecule has 1 amide bonds. The molecule has 1 aromatic carbocycles. The van der Waals surface area contributed by atoms with E-state index >= 15 is 0 Å². The number of nitrogens with one attached hydrogen (secondary N) is 2. The zero-order valence-corrected chi connectivity index (χ0v) is 14.5. The van der Waals surface area contributed by atoms with Crippen LogP contribution in [0.2, 0.25) is 0 Å². The maximum Gasteiger partial charge on any atom is 0.321 e. The van der Waals surface area contributed by atoms with E-state index in [2.05, 4.69) is 5.32 Å². The number of ether oxygens (including phenoxy) is 1. The third-order valence-corrected chi connectivity index (χ3v) is 4.70. The largest absolute Gasteiger partial charge is 0.455 e. The van der Waals surface area contributed by atoms with Crippen molar-refractivity contribution >= 4 is 21.9 Å². The Morgan fingerprint density at radius 3 is 2.29 bits per heavy atom. The zero-order valence-electron chi connectivity index (χ0n) is 13.7. The van der Waals surface area contributed by atoms with Gasteiger partial charge in [-0.2, -0.15) is 4.72 Å². The maximum atomic E-state index is 12.8. The van der Waals surface area contributed by atoms with Gasteiger partial charge in [0.25, 0.3) is 5.91 Å². The van der Waals surface area contributed by atoms with Crippen LogP contribution < -0.4 is 10.0 Å². The Labute approximate surface area is 140 Å². The molecule has 1 rings (SSSR count). The minimum atomic E-state index is -3.96. The van der Waals surface area contributed by atoms with E-state index in [1.807, 2.05) is 25.5 Å². The molecule has 134 valence electrons. The molecule has 0 saturated carbocycles. The fourth-order valence-electron chi connectivity index (χ4n) is 1.51. The normalized spacial score (nSPS) is 12.7. The van der Waals surface area contributed by atoms with Gasteiger partial charge < -0.3 is 10.1 Å². The molecule has 0 bridgehead atoms. The van der Waals surface area contributed by atoms with Crippen LogP contribution in [0.15, 0.2) is 29.2 Å². The fraction of sp³-hybridized carbons (Fsp3) is 0.467. The molecule has 0 aliphatic heterocycles. The zero-order chi connectivity index (χ0) is 18.3. The van der Waals surface area contributed by atoms with Crippen LogP contribution in [0.4, 0.5) is 4.39 Å². The van der Waals surface area contributed by atoms with E-state index in [0.717, 1.165) is 24.3 Å². The Hall–Kier alpha value is -2.00. The van der Waals surface area contributed by atoms with Crippen LogP contribution in [0.1, 0.15) is 20.8 Å². The lowest BCUT2D eigenvalue weighted by molar-refractivity contribution is -0.147. The Bertz CT molecular complexity index is 674. The minimum Gasteiger partial charge on any atom is -0.455 e. The van der Waals surface area contributed by atoms with Crippen molar-refractivity contribution < 1.29 is 27.1 Å². The Kier molecular flexibility index (Phi) is 7.30. The number of esters is 1. The van der Waals surface area contributed by atoms with Crippen molar-refractivity contribution in [3.8, 4) is 0 Å². The fourth-order valence-corrected chi connectivity index (χ4v) is 2.48. The van der Waals surface area contributed by atoms with Crippen molar-refractivity contribution in [3.63, 3.8) is 0 Å². The van der Waals surface area contributed by atoms with Crippen LogP contribution in [0.5, 0.6) is 0 Å². The lowest BCUT2D eigenvalue weighted by Gasteiger charge is -2.17. The molecule has 1 atom stereocenters. The smallest absolute Gasteiger partial charge is 0.321 e. The summed E-state index contributed by atoms with van der Waals surface area (Å²) in [6, 6.07) is 4.06. The highest BCUT2D eigenvalue weighted by atomic mass is 32.2. The second-order valence-electron chi connectivity index (χ2n) is 5.54. The van der Waals surface area contributed by atoms with Crippen LogP contribution in [0.25, 0.3) is 0 Å². The second kappa shape index (κ2) is 8.74. The van der Waals surface area contributed by atoms with E-state index in [1.54, 1.807) is 0 Å². The predicted molar refractivity (Wildman–Crippen MR) is 85.0 cm³/mol. The van der Waals surface area contributed by atoms with Gasteiger partial charge in [0.15, 0.2) is 6.61 Å². The van der Waals surface area contributed by atoms with Crippen molar-refractivity contribution in [3.05, 3.63) is 30.1 Å². The summed E-state index contributed by atoms with van der Waals surface area (Å²) in [5, 5.41) is 2.65. The molecule has 0 spiro atoms. The first-order valence-electron chi connectivity index (χ1n) is 7.32. The molecular formula is C15H21FN2O5S. The number of halogens is 1. The lowest BCUT2D eigenvalue weighted by atomic mass is 10.1. The topological polar surface area (TPSA) is 102 Å².